The third-order valence-corrected chi connectivity index (χ3v) is 3.23. The average molecular weight is 186 g/mol. The minimum atomic E-state index is -3.79. The predicted molar refractivity (Wildman–Crippen MR) is 49.8 cm³/mol. The van der Waals surface area contributed by atoms with E-state index in [1.807, 2.05) is 0 Å². The van der Waals surface area contributed by atoms with E-state index in [2.05, 4.69) is 6.92 Å². The molecule has 3 nitrogen and oxygen atoms in total. The second kappa shape index (κ2) is 6.04. The Morgan fingerprint density at radius 3 is 2.33 bits per heavy atom. The first-order valence-electron chi connectivity index (χ1n) is 4.44. The Hall–Kier alpha value is 0.507. The van der Waals surface area contributed by atoms with Crippen LogP contribution in [0.5, 0.6) is 0 Å². The molecule has 68 valence electrons. The van der Waals surface area contributed by atoms with Gasteiger partial charge >= 0.3 is 83.8 Å². The Balaban J connectivity index is 3.52. The normalized spacial score (nSPS) is 14.7. The van der Waals surface area contributed by atoms with Gasteiger partial charge in [0, 0.05) is 0 Å². The Kier molecular flexibility index (Phi) is 6.29. The summed E-state index contributed by atoms with van der Waals surface area (Å²) in [6.07, 6.45) is 4.78. The van der Waals surface area contributed by atoms with Gasteiger partial charge in [-0.05, 0) is 0 Å². The van der Waals surface area contributed by atoms with Gasteiger partial charge < -0.3 is 0 Å². The van der Waals surface area contributed by atoms with E-state index in [9.17, 15) is 8.42 Å². The zero-order chi connectivity index (χ0) is 9.61. The SMILES string of the molecule is [Li][CH](CCCCCC)S(=O)(=O)O. The van der Waals surface area contributed by atoms with Crippen molar-refractivity contribution >= 4 is 27.8 Å². The van der Waals surface area contributed by atoms with Gasteiger partial charge in [0.2, 0.25) is 0 Å². The summed E-state index contributed by atoms with van der Waals surface area (Å²) >= 11 is 1.54. The second-order valence-corrected chi connectivity index (χ2v) is 5.01. The van der Waals surface area contributed by atoms with Crippen LogP contribution in [-0.4, -0.2) is 34.6 Å². The molecule has 1 N–H and O–H groups in total. The van der Waals surface area contributed by atoms with Crippen molar-refractivity contribution in [1.82, 2.24) is 0 Å². The average Bonchev–Trinajstić information content (AvgIpc) is 1.96. The zero-order valence-corrected chi connectivity index (χ0v) is 8.60. The first kappa shape index (κ1) is 12.5. The molecule has 0 saturated heterocycles. The summed E-state index contributed by atoms with van der Waals surface area (Å²) in [7, 11) is -3.79. The molecular weight excluding hydrogens is 171 g/mol. The molecular formula is C7H15LiO3S. The van der Waals surface area contributed by atoms with E-state index in [4.69, 9.17) is 4.55 Å². The Labute approximate surface area is 83.9 Å². The van der Waals surface area contributed by atoms with Crippen molar-refractivity contribution in [2.75, 3.05) is 0 Å². The van der Waals surface area contributed by atoms with Crippen LogP contribution in [0.3, 0.4) is 0 Å². The number of hydrogen-bond acceptors (Lipinski definition) is 2. The van der Waals surface area contributed by atoms with Crippen molar-refractivity contribution in [3.63, 3.8) is 0 Å². The van der Waals surface area contributed by atoms with Crippen LogP contribution in [0.4, 0.5) is 0 Å². The van der Waals surface area contributed by atoms with Gasteiger partial charge in [-0.3, -0.25) is 0 Å². The van der Waals surface area contributed by atoms with Gasteiger partial charge in [0.1, 0.15) is 0 Å². The van der Waals surface area contributed by atoms with Crippen molar-refractivity contribution in [3.8, 4) is 0 Å². The second-order valence-electron chi connectivity index (χ2n) is 3.17. The standard InChI is InChI=1S/C7H15O3S.Li/c1-2-3-4-5-6-7-11(8,9)10;/h7H,2-6H2,1H3,(H,8,9,10);. The molecule has 0 aliphatic heterocycles. The van der Waals surface area contributed by atoms with E-state index < -0.39 is 14.0 Å². The zero-order valence-electron chi connectivity index (χ0n) is 7.78. The molecule has 1 atom stereocenters. The fourth-order valence-electron chi connectivity index (χ4n) is 1.01. The maximum absolute atomic E-state index is 10.6. The summed E-state index contributed by atoms with van der Waals surface area (Å²) in [6, 6.07) is 0. The van der Waals surface area contributed by atoms with E-state index in [0.717, 1.165) is 25.7 Å². The Morgan fingerprint density at radius 1 is 1.33 bits per heavy atom. The van der Waals surface area contributed by atoms with Crippen molar-refractivity contribution in [1.29, 1.82) is 0 Å². The van der Waals surface area contributed by atoms with Crippen LogP contribution in [0, 0.1) is 0 Å². The van der Waals surface area contributed by atoms with E-state index in [0.29, 0.717) is 6.42 Å². The summed E-state index contributed by atoms with van der Waals surface area (Å²) in [6.45, 7) is 2.10. The fourth-order valence-corrected chi connectivity index (χ4v) is 1.47. The van der Waals surface area contributed by atoms with Crippen molar-refractivity contribution in [2.45, 2.75) is 43.0 Å². The fraction of sp³-hybridized carbons (Fsp3) is 1.00. The molecule has 0 spiro atoms. The molecule has 12 heavy (non-hydrogen) atoms. The molecule has 0 rings (SSSR count). The molecule has 0 bridgehead atoms. The van der Waals surface area contributed by atoms with Crippen LogP contribution in [0.15, 0.2) is 0 Å². The monoisotopic (exact) mass is 186 g/mol. The van der Waals surface area contributed by atoms with Gasteiger partial charge in [0.25, 0.3) is 0 Å². The van der Waals surface area contributed by atoms with Gasteiger partial charge in [-0.1, -0.05) is 0 Å². The number of unbranched alkanes of at least 4 members (excludes halogenated alkanes) is 3. The summed E-state index contributed by atoms with van der Waals surface area (Å²) < 4.78 is 29.1. The van der Waals surface area contributed by atoms with Crippen LogP contribution in [0.2, 0.25) is 0 Å². The molecule has 0 radical (unpaired) electrons. The van der Waals surface area contributed by atoms with Crippen LogP contribution < -0.4 is 0 Å². The van der Waals surface area contributed by atoms with Crippen LogP contribution in [0.1, 0.15) is 39.0 Å². The molecule has 0 amide bonds. The molecule has 0 aromatic carbocycles. The Bertz CT molecular complexity index is 201. The van der Waals surface area contributed by atoms with Gasteiger partial charge in [-0.2, -0.15) is 0 Å². The quantitative estimate of drug-likeness (QED) is 0.387. The molecule has 0 aromatic heterocycles. The topological polar surface area (TPSA) is 54.4 Å². The van der Waals surface area contributed by atoms with Gasteiger partial charge in [0.05, 0.1) is 0 Å². The van der Waals surface area contributed by atoms with Crippen molar-refractivity contribution in [2.24, 2.45) is 0 Å². The van der Waals surface area contributed by atoms with Crippen LogP contribution in [-0.2, 0) is 10.1 Å². The van der Waals surface area contributed by atoms with Crippen molar-refractivity contribution in [3.05, 3.63) is 0 Å². The van der Waals surface area contributed by atoms with E-state index >= 15 is 0 Å². The first-order chi connectivity index (χ1) is 5.48. The molecule has 0 saturated carbocycles. The maximum atomic E-state index is 10.6. The molecule has 0 aliphatic carbocycles. The van der Waals surface area contributed by atoms with Crippen LogP contribution in [0.25, 0.3) is 0 Å². The summed E-state index contributed by atoms with van der Waals surface area (Å²) in [5, 5.41) is 0. The minimum absolute atomic E-state index is 0.568. The van der Waals surface area contributed by atoms with Gasteiger partial charge in [-0.25, -0.2) is 0 Å². The molecule has 0 heterocycles. The summed E-state index contributed by atoms with van der Waals surface area (Å²) in [5.41, 5.74) is 0. The molecule has 0 fully saturated rings. The van der Waals surface area contributed by atoms with Crippen LogP contribution >= 0.6 is 0 Å². The van der Waals surface area contributed by atoms with Gasteiger partial charge in [0.15, 0.2) is 0 Å². The summed E-state index contributed by atoms with van der Waals surface area (Å²) in [4.78, 5) is 0. The van der Waals surface area contributed by atoms with Crippen molar-refractivity contribution < 1.29 is 13.0 Å². The molecule has 0 aliphatic rings. The van der Waals surface area contributed by atoms with E-state index in [1.165, 1.54) is 0 Å². The van der Waals surface area contributed by atoms with E-state index in [-0.39, 0.29) is 0 Å². The number of hydrogen-bond donors (Lipinski definition) is 1. The Morgan fingerprint density at radius 2 is 1.92 bits per heavy atom. The molecule has 1 unspecified atom stereocenters. The third kappa shape index (κ3) is 6.07. The molecule has 5 heteroatoms. The molecule has 0 aromatic rings. The van der Waals surface area contributed by atoms with E-state index in [1.54, 1.807) is 17.7 Å². The van der Waals surface area contributed by atoms with Gasteiger partial charge in [-0.15, -0.1) is 0 Å². The predicted octanol–water partition coefficient (Wildman–Crippen LogP) is 1.34. The third-order valence-electron chi connectivity index (χ3n) is 1.97. The first-order valence-corrected chi connectivity index (χ1v) is 5.95. The summed E-state index contributed by atoms with van der Waals surface area (Å²) in [5.74, 6) is 0. The number of rotatable bonds is 6.